The average molecular weight is 337 g/mol. The molecule has 1 aliphatic rings. The molecule has 1 saturated heterocycles. The molecular formula is C15H13ClN2OS2. The number of nitrogens with zero attached hydrogens (tertiary/aromatic N) is 2. The van der Waals surface area contributed by atoms with E-state index in [2.05, 4.69) is 0 Å². The highest BCUT2D eigenvalue weighted by Crippen LogP contribution is 2.29. The van der Waals surface area contributed by atoms with Gasteiger partial charge < -0.3 is 4.90 Å². The summed E-state index contributed by atoms with van der Waals surface area (Å²) in [5.41, 5.74) is 1.75. The van der Waals surface area contributed by atoms with E-state index in [4.69, 9.17) is 23.8 Å². The van der Waals surface area contributed by atoms with Gasteiger partial charge in [0.2, 0.25) is 0 Å². The Morgan fingerprint density at radius 3 is 2.90 bits per heavy atom. The van der Waals surface area contributed by atoms with E-state index >= 15 is 0 Å². The van der Waals surface area contributed by atoms with E-state index in [1.807, 2.05) is 41.5 Å². The minimum atomic E-state index is -0.0121. The summed E-state index contributed by atoms with van der Waals surface area (Å²) in [6.07, 6.45) is 0. The van der Waals surface area contributed by atoms with Crippen LogP contribution in [0.25, 0.3) is 0 Å². The van der Waals surface area contributed by atoms with E-state index in [-0.39, 0.29) is 5.91 Å². The molecule has 0 unspecified atom stereocenters. The van der Waals surface area contributed by atoms with Crippen LogP contribution in [-0.2, 0) is 11.3 Å². The summed E-state index contributed by atoms with van der Waals surface area (Å²) in [7, 11) is 0. The van der Waals surface area contributed by atoms with Gasteiger partial charge in [0, 0.05) is 9.90 Å². The predicted molar refractivity (Wildman–Crippen MR) is 91.0 cm³/mol. The van der Waals surface area contributed by atoms with Gasteiger partial charge in [-0.05, 0) is 48.3 Å². The largest absolute Gasteiger partial charge is 0.334 e. The first-order chi connectivity index (χ1) is 10.1. The molecule has 6 heteroatoms. The fourth-order valence-electron chi connectivity index (χ4n) is 2.32. The van der Waals surface area contributed by atoms with E-state index in [0.717, 1.165) is 11.3 Å². The van der Waals surface area contributed by atoms with Crippen LogP contribution in [-0.4, -0.2) is 22.5 Å². The fraction of sp³-hybridized carbons (Fsp3) is 0.200. The Morgan fingerprint density at radius 1 is 1.38 bits per heavy atom. The van der Waals surface area contributed by atoms with Gasteiger partial charge in [0.1, 0.15) is 6.54 Å². The Labute approximate surface area is 137 Å². The molecular weight excluding hydrogens is 324 g/mol. The highest BCUT2D eigenvalue weighted by Gasteiger charge is 2.34. The van der Waals surface area contributed by atoms with Crippen molar-refractivity contribution in [3.8, 4) is 0 Å². The maximum absolute atomic E-state index is 12.3. The van der Waals surface area contributed by atoms with E-state index in [0.29, 0.717) is 23.2 Å². The molecule has 1 aromatic carbocycles. The zero-order chi connectivity index (χ0) is 15.0. The van der Waals surface area contributed by atoms with Crippen LogP contribution in [0.2, 0.25) is 5.02 Å². The van der Waals surface area contributed by atoms with E-state index in [1.165, 1.54) is 4.88 Å². The van der Waals surface area contributed by atoms with Crippen LogP contribution in [0.5, 0.6) is 0 Å². The van der Waals surface area contributed by atoms with Crippen molar-refractivity contribution in [1.82, 2.24) is 4.90 Å². The maximum atomic E-state index is 12.3. The number of thiocarbonyl (C=S) groups is 1. The minimum absolute atomic E-state index is 0.0121. The quantitative estimate of drug-likeness (QED) is 0.795. The van der Waals surface area contributed by atoms with E-state index in [1.54, 1.807) is 22.3 Å². The first-order valence-corrected chi connectivity index (χ1v) is 8.13. The van der Waals surface area contributed by atoms with Gasteiger partial charge in [-0.3, -0.25) is 9.69 Å². The summed E-state index contributed by atoms with van der Waals surface area (Å²) < 4.78 is 0. The molecule has 0 saturated carbocycles. The van der Waals surface area contributed by atoms with Crippen molar-refractivity contribution >= 4 is 51.9 Å². The highest BCUT2D eigenvalue weighted by atomic mass is 35.5. The summed E-state index contributed by atoms with van der Waals surface area (Å²) in [6, 6.07) is 9.55. The summed E-state index contributed by atoms with van der Waals surface area (Å²) in [4.78, 5) is 17.0. The molecule has 1 aromatic heterocycles. The lowest BCUT2D eigenvalue weighted by atomic mass is 10.2. The van der Waals surface area contributed by atoms with Crippen LogP contribution in [0.1, 0.15) is 10.4 Å². The Hall–Kier alpha value is -1.43. The van der Waals surface area contributed by atoms with Crippen LogP contribution in [0.4, 0.5) is 5.69 Å². The Bertz CT molecular complexity index is 700. The lowest BCUT2D eigenvalue weighted by Gasteiger charge is -2.21. The fourth-order valence-corrected chi connectivity index (χ4v) is 3.54. The lowest BCUT2D eigenvalue weighted by molar-refractivity contribution is -0.116. The number of carbonyl (C=O) groups is 1. The molecule has 0 N–H and O–H groups in total. The number of carbonyl (C=O) groups excluding carboxylic acids is 1. The van der Waals surface area contributed by atoms with Crippen LogP contribution in [0.15, 0.2) is 35.7 Å². The van der Waals surface area contributed by atoms with Gasteiger partial charge >= 0.3 is 0 Å². The Kier molecular flexibility index (Phi) is 3.97. The standard InChI is InChI=1S/C15H13ClN2OS2/c1-10-4-5-11(16)7-13(10)18-14(19)9-17(15(18)20)8-12-3-2-6-21-12/h2-7H,8-9H2,1H3. The van der Waals surface area contributed by atoms with Gasteiger partial charge in [0.25, 0.3) is 5.91 Å². The zero-order valence-electron chi connectivity index (χ0n) is 11.4. The molecule has 21 heavy (non-hydrogen) atoms. The molecule has 3 nitrogen and oxygen atoms in total. The van der Waals surface area contributed by atoms with E-state index < -0.39 is 0 Å². The van der Waals surface area contributed by atoms with Crippen molar-refractivity contribution in [2.45, 2.75) is 13.5 Å². The smallest absolute Gasteiger partial charge is 0.252 e. The van der Waals surface area contributed by atoms with Crippen LogP contribution in [0.3, 0.4) is 0 Å². The van der Waals surface area contributed by atoms with E-state index in [9.17, 15) is 4.79 Å². The predicted octanol–water partition coefficient (Wildman–Crippen LogP) is 3.84. The molecule has 2 heterocycles. The third-order valence-corrected chi connectivity index (χ3v) is 4.91. The molecule has 1 fully saturated rings. The number of rotatable bonds is 3. The number of benzene rings is 1. The van der Waals surface area contributed by atoms with Crippen molar-refractivity contribution in [2.24, 2.45) is 0 Å². The summed E-state index contributed by atoms with van der Waals surface area (Å²) in [6.45, 7) is 2.92. The van der Waals surface area contributed by atoms with Crippen LogP contribution < -0.4 is 4.90 Å². The third kappa shape index (κ3) is 2.81. The van der Waals surface area contributed by atoms with Crippen molar-refractivity contribution < 1.29 is 4.79 Å². The Morgan fingerprint density at radius 2 is 2.19 bits per heavy atom. The number of amides is 1. The van der Waals surface area contributed by atoms with Crippen molar-refractivity contribution in [3.63, 3.8) is 0 Å². The molecule has 0 bridgehead atoms. The second-order valence-electron chi connectivity index (χ2n) is 4.88. The monoisotopic (exact) mass is 336 g/mol. The van der Waals surface area contributed by atoms with Gasteiger partial charge in [-0.25, -0.2) is 0 Å². The molecule has 1 aliphatic heterocycles. The molecule has 3 rings (SSSR count). The molecule has 0 radical (unpaired) electrons. The minimum Gasteiger partial charge on any atom is -0.334 e. The molecule has 1 amide bonds. The molecule has 0 atom stereocenters. The number of halogens is 1. The van der Waals surface area contributed by atoms with Crippen LogP contribution in [0, 0.1) is 6.92 Å². The summed E-state index contributed by atoms with van der Waals surface area (Å²) in [5, 5.41) is 3.16. The van der Waals surface area contributed by atoms with Crippen molar-refractivity contribution in [1.29, 1.82) is 0 Å². The Balaban J connectivity index is 1.88. The molecule has 2 aromatic rings. The van der Waals surface area contributed by atoms with Gasteiger partial charge in [0.05, 0.1) is 12.2 Å². The average Bonchev–Trinajstić information content (AvgIpc) is 3.03. The third-order valence-electron chi connectivity index (χ3n) is 3.38. The zero-order valence-corrected chi connectivity index (χ0v) is 13.8. The van der Waals surface area contributed by atoms with Crippen molar-refractivity contribution in [3.05, 3.63) is 51.2 Å². The molecule has 0 aliphatic carbocycles. The summed E-state index contributed by atoms with van der Waals surface area (Å²) >= 11 is 13.2. The van der Waals surface area contributed by atoms with Gasteiger partial charge in [-0.1, -0.05) is 23.7 Å². The first-order valence-electron chi connectivity index (χ1n) is 6.46. The normalized spacial score (nSPS) is 15.1. The second-order valence-corrected chi connectivity index (χ2v) is 6.71. The number of hydrogen-bond donors (Lipinski definition) is 0. The number of thiophene rings is 1. The van der Waals surface area contributed by atoms with Crippen LogP contribution >= 0.6 is 35.2 Å². The SMILES string of the molecule is Cc1ccc(Cl)cc1N1C(=O)CN(Cc2cccs2)C1=S. The number of anilines is 1. The second kappa shape index (κ2) is 5.75. The first kappa shape index (κ1) is 14.5. The molecule has 0 spiro atoms. The summed E-state index contributed by atoms with van der Waals surface area (Å²) in [5.74, 6) is -0.0121. The lowest BCUT2D eigenvalue weighted by Crippen LogP contribution is -2.32. The molecule has 108 valence electrons. The number of hydrogen-bond acceptors (Lipinski definition) is 3. The van der Waals surface area contributed by atoms with Crippen molar-refractivity contribution in [2.75, 3.05) is 11.4 Å². The van der Waals surface area contributed by atoms with Gasteiger partial charge in [0.15, 0.2) is 5.11 Å². The number of aryl methyl sites for hydroxylation is 1. The maximum Gasteiger partial charge on any atom is 0.252 e. The van der Waals surface area contributed by atoms with Gasteiger partial charge in [-0.2, -0.15) is 0 Å². The highest BCUT2D eigenvalue weighted by molar-refractivity contribution is 7.80. The topological polar surface area (TPSA) is 23.6 Å². The van der Waals surface area contributed by atoms with Gasteiger partial charge in [-0.15, -0.1) is 11.3 Å².